The maximum atomic E-state index is 14.0. The van der Waals surface area contributed by atoms with Crippen molar-refractivity contribution >= 4 is 11.6 Å². The Morgan fingerprint density at radius 3 is 2.10 bits per heavy atom. The Hall–Kier alpha value is -2.14. The van der Waals surface area contributed by atoms with Crippen molar-refractivity contribution in [3.05, 3.63) is 49.9 Å². The maximum absolute atomic E-state index is 14.0. The molecule has 2 N–H and O–H groups in total. The molecule has 0 heterocycles. The maximum Gasteiger partial charge on any atom is 0.180 e. The van der Waals surface area contributed by atoms with Crippen LogP contribution in [0.5, 0.6) is 0 Å². The zero-order chi connectivity index (χ0) is 31.8. The minimum absolute atomic E-state index is 0.0346. The summed E-state index contributed by atoms with van der Waals surface area (Å²) in [6.45, 7) is 33.8. The average Bonchev–Trinajstić information content (AvgIpc) is 3.52. The number of ketones is 2. The summed E-state index contributed by atoms with van der Waals surface area (Å²) >= 11 is 0. The van der Waals surface area contributed by atoms with Gasteiger partial charge in [-0.05, 0) is 107 Å². The second-order valence-corrected chi connectivity index (χ2v) is 14.2. The van der Waals surface area contributed by atoms with Gasteiger partial charge in [0, 0.05) is 18.8 Å². The SMILES string of the molecule is C=CCCCC(=O)C(=C)C(CCC=C)CC(=O)C1C2CC2CC1C(C)(O)C(NC(=C)OC(C)(C)C)C(C)(C)C.CC. The highest BCUT2D eigenvalue weighted by atomic mass is 16.5. The first-order valence-electron chi connectivity index (χ1n) is 15.8. The van der Waals surface area contributed by atoms with Gasteiger partial charge in [0.05, 0.1) is 11.6 Å². The van der Waals surface area contributed by atoms with Crippen LogP contribution in [0.25, 0.3) is 0 Å². The van der Waals surface area contributed by atoms with Crippen molar-refractivity contribution in [3.63, 3.8) is 0 Å². The summed E-state index contributed by atoms with van der Waals surface area (Å²) in [6.07, 6.45) is 9.15. The van der Waals surface area contributed by atoms with Crippen LogP contribution in [-0.4, -0.2) is 33.9 Å². The minimum atomic E-state index is -1.18. The quantitative estimate of drug-likeness (QED) is 0.0794. The molecular weight excluding hydrogens is 510 g/mol. The lowest BCUT2D eigenvalue weighted by Crippen LogP contribution is -2.60. The molecule has 5 nitrogen and oxygen atoms in total. The van der Waals surface area contributed by atoms with Crippen LogP contribution in [0, 0.1) is 35.0 Å². The Bertz CT molecular complexity index is 932. The number of carbonyl (C=O) groups is 2. The van der Waals surface area contributed by atoms with Crippen LogP contribution >= 0.6 is 0 Å². The molecule has 7 unspecified atom stereocenters. The first-order valence-corrected chi connectivity index (χ1v) is 15.8. The molecule has 7 atom stereocenters. The van der Waals surface area contributed by atoms with E-state index in [0.29, 0.717) is 36.1 Å². The van der Waals surface area contributed by atoms with Crippen molar-refractivity contribution in [1.29, 1.82) is 0 Å². The summed E-state index contributed by atoms with van der Waals surface area (Å²) in [6, 6.07) is -0.379. The Kier molecular flexibility index (Phi) is 13.8. The van der Waals surface area contributed by atoms with Crippen LogP contribution in [0.4, 0.5) is 0 Å². The summed E-state index contributed by atoms with van der Waals surface area (Å²) in [7, 11) is 0. The first-order chi connectivity index (χ1) is 18.9. The molecule has 0 aromatic carbocycles. The van der Waals surface area contributed by atoms with E-state index in [0.717, 1.165) is 32.1 Å². The Balaban J connectivity index is 0.00000411. The fourth-order valence-electron chi connectivity index (χ4n) is 6.72. The highest BCUT2D eigenvalue weighted by molar-refractivity contribution is 5.96. The van der Waals surface area contributed by atoms with Crippen molar-refractivity contribution in [2.24, 2.45) is 35.0 Å². The topological polar surface area (TPSA) is 75.6 Å². The molecule has 0 bridgehead atoms. The number of carbonyl (C=O) groups excluding carboxylic acids is 2. The predicted molar refractivity (Wildman–Crippen MR) is 172 cm³/mol. The zero-order valence-corrected chi connectivity index (χ0v) is 27.8. The van der Waals surface area contributed by atoms with Crippen molar-refractivity contribution in [1.82, 2.24) is 5.32 Å². The number of fused-ring (bicyclic) bond motifs is 1. The van der Waals surface area contributed by atoms with Gasteiger partial charge in [-0.1, -0.05) is 53.3 Å². The number of nitrogens with one attached hydrogen (secondary N) is 1. The van der Waals surface area contributed by atoms with Crippen LogP contribution in [0.15, 0.2) is 49.9 Å². The third-order valence-corrected chi connectivity index (χ3v) is 8.57. The van der Waals surface area contributed by atoms with E-state index in [1.54, 1.807) is 0 Å². The van der Waals surface area contributed by atoms with E-state index in [2.05, 4.69) is 52.4 Å². The summed E-state index contributed by atoms with van der Waals surface area (Å²) in [5.41, 5.74) is -1.37. The molecular formula is C36H61NO4. The fraction of sp³-hybridized carbons (Fsp3) is 0.722. The van der Waals surface area contributed by atoms with Crippen LogP contribution in [0.2, 0.25) is 0 Å². The Morgan fingerprint density at radius 2 is 1.59 bits per heavy atom. The number of allylic oxidation sites excluding steroid dienone is 3. The number of rotatable bonds is 17. The molecule has 234 valence electrons. The molecule has 2 saturated carbocycles. The van der Waals surface area contributed by atoms with Gasteiger partial charge in [0.15, 0.2) is 11.7 Å². The van der Waals surface area contributed by atoms with Gasteiger partial charge in [-0.3, -0.25) is 9.59 Å². The summed E-state index contributed by atoms with van der Waals surface area (Å²) in [5.74, 6) is 0.758. The molecule has 2 aliphatic carbocycles. The lowest BCUT2D eigenvalue weighted by Gasteiger charge is -2.48. The lowest BCUT2D eigenvalue weighted by molar-refractivity contribution is -0.134. The smallest absolute Gasteiger partial charge is 0.180 e. The highest BCUT2D eigenvalue weighted by Crippen LogP contribution is 2.62. The number of hydrogen-bond donors (Lipinski definition) is 2. The summed E-state index contributed by atoms with van der Waals surface area (Å²) in [5, 5.41) is 15.6. The number of aliphatic hydroxyl groups is 1. The Morgan fingerprint density at radius 1 is 1.00 bits per heavy atom. The van der Waals surface area contributed by atoms with E-state index < -0.39 is 11.2 Å². The van der Waals surface area contributed by atoms with Gasteiger partial charge in [0.25, 0.3) is 0 Å². The summed E-state index contributed by atoms with van der Waals surface area (Å²) in [4.78, 5) is 26.9. The van der Waals surface area contributed by atoms with Gasteiger partial charge in [0.1, 0.15) is 11.4 Å². The number of unbranched alkanes of at least 4 members (excludes halogenated alkanes) is 1. The fourth-order valence-corrected chi connectivity index (χ4v) is 6.72. The van der Waals surface area contributed by atoms with E-state index in [4.69, 9.17) is 4.74 Å². The molecule has 5 heteroatoms. The van der Waals surface area contributed by atoms with Gasteiger partial charge in [-0.25, -0.2) is 0 Å². The molecule has 0 aliphatic heterocycles. The van der Waals surface area contributed by atoms with Crippen molar-refractivity contribution in [2.75, 3.05) is 0 Å². The van der Waals surface area contributed by atoms with Crippen LogP contribution in [0.3, 0.4) is 0 Å². The highest BCUT2D eigenvalue weighted by Gasteiger charge is 2.62. The molecule has 0 saturated heterocycles. The van der Waals surface area contributed by atoms with Gasteiger partial charge >= 0.3 is 0 Å². The monoisotopic (exact) mass is 571 g/mol. The van der Waals surface area contributed by atoms with Gasteiger partial charge in [-0.2, -0.15) is 0 Å². The zero-order valence-electron chi connectivity index (χ0n) is 27.8. The molecule has 0 radical (unpaired) electrons. The minimum Gasteiger partial charge on any atom is -0.474 e. The van der Waals surface area contributed by atoms with Gasteiger partial charge in [-0.15, -0.1) is 13.2 Å². The van der Waals surface area contributed by atoms with Crippen molar-refractivity contribution < 1.29 is 19.4 Å². The van der Waals surface area contributed by atoms with E-state index in [-0.39, 0.29) is 47.2 Å². The first kappa shape index (κ1) is 36.9. The third-order valence-electron chi connectivity index (χ3n) is 8.57. The molecule has 2 fully saturated rings. The van der Waals surface area contributed by atoms with Crippen molar-refractivity contribution in [3.8, 4) is 0 Å². The molecule has 0 aromatic rings. The van der Waals surface area contributed by atoms with Crippen molar-refractivity contribution in [2.45, 2.75) is 131 Å². The summed E-state index contributed by atoms with van der Waals surface area (Å²) < 4.78 is 5.96. The van der Waals surface area contributed by atoms with Gasteiger partial charge in [0.2, 0.25) is 0 Å². The predicted octanol–water partition coefficient (Wildman–Crippen LogP) is 8.35. The largest absolute Gasteiger partial charge is 0.474 e. The lowest BCUT2D eigenvalue weighted by atomic mass is 9.66. The van der Waals surface area contributed by atoms with E-state index in [1.807, 2.05) is 53.7 Å². The standard InChI is InChI=1S/C34H55NO4.C2H6/c1-12-14-16-18-28(36)22(3)24(17-15-13-2)21-29(37)30-26-19-25(26)20-27(30)34(11,38)31(32(5,6)7)35-23(4)39-33(8,9)10;1-2/h12-13,24-27,30-31,35,38H,1-4,14-21H2,5-11H3;1-2H3. The van der Waals surface area contributed by atoms with E-state index >= 15 is 0 Å². The number of Topliss-reactive ketones (excluding diaryl/α,β-unsaturated/α-hetero) is 2. The van der Waals surface area contributed by atoms with Gasteiger partial charge < -0.3 is 15.2 Å². The molecule has 0 amide bonds. The molecule has 2 aliphatic rings. The molecule has 0 aromatic heterocycles. The molecule has 0 spiro atoms. The van der Waals surface area contributed by atoms with E-state index in [9.17, 15) is 14.7 Å². The van der Waals surface area contributed by atoms with Crippen LogP contribution in [-0.2, 0) is 14.3 Å². The second-order valence-electron chi connectivity index (χ2n) is 14.2. The number of ether oxygens (including phenoxy) is 1. The average molecular weight is 572 g/mol. The molecule has 2 rings (SSSR count). The number of hydrogen-bond acceptors (Lipinski definition) is 5. The normalized spacial score (nSPS) is 24.3. The Labute approximate surface area is 252 Å². The van der Waals surface area contributed by atoms with Crippen LogP contribution in [0.1, 0.15) is 114 Å². The second kappa shape index (κ2) is 15.4. The third kappa shape index (κ3) is 10.6. The van der Waals surface area contributed by atoms with Crippen LogP contribution < -0.4 is 5.32 Å². The van der Waals surface area contributed by atoms with E-state index in [1.165, 1.54) is 0 Å². The molecule has 41 heavy (non-hydrogen) atoms.